The van der Waals surface area contributed by atoms with Gasteiger partial charge in [-0.3, -0.25) is 34.1 Å². The van der Waals surface area contributed by atoms with Crippen LogP contribution in [0.2, 0.25) is 0 Å². The lowest BCUT2D eigenvalue weighted by atomic mass is 9.72. The number of likely N-dealkylation sites (N-methyl/N-ethyl adjacent to an activating group) is 1. The Morgan fingerprint density at radius 3 is 2.63 bits per heavy atom. The molecule has 3 aliphatic heterocycles. The summed E-state index contributed by atoms with van der Waals surface area (Å²) in [7, 11) is 3.28. The standard InChI is InChI=1S/C51H66N8O8S/c1-10-41(60)33-25-51(26-33)58(20-14-22-67-51)49(64)56(8)44(30(3)4)46(61)54-38-24-42-53-39(28-68-42)32-17-18-40-35(23-32)36(45(57(40)11-2)34-15-12-19-52-43(34)31(5)65-9)27-50(6,7)29-66-48(63)37-16-13-21-59(55-37)47(38)62/h10,12,15,17-19,23,28,30-31,33,37-38,44,55H,1,11,13-14,16,20-22,24-27,29H2,2-9H3,(H,54,61)/t31-,33?,37-,38-,44-,51?/m0/s1. The third kappa shape index (κ3) is 9.46. The van der Waals surface area contributed by atoms with Gasteiger partial charge in [-0.2, -0.15) is 0 Å². The highest BCUT2D eigenvalue weighted by Gasteiger charge is 2.55. The second-order valence-electron chi connectivity index (χ2n) is 19.9. The van der Waals surface area contributed by atoms with Crippen molar-refractivity contribution in [2.45, 2.75) is 123 Å². The number of hydrogen-bond donors (Lipinski definition) is 2. The summed E-state index contributed by atoms with van der Waals surface area (Å²) in [5, 5.41) is 8.11. The highest BCUT2D eigenvalue weighted by atomic mass is 32.1. The van der Waals surface area contributed by atoms with Crippen molar-refractivity contribution in [1.29, 1.82) is 0 Å². The number of nitrogens with one attached hydrogen (secondary N) is 2. The molecule has 1 spiro atoms. The first-order valence-electron chi connectivity index (χ1n) is 24.0. The van der Waals surface area contributed by atoms with E-state index in [9.17, 15) is 24.0 Å². The zero-order chi connectivity index (χ0) is 48.7. The normalized spacial score (nSPS) is 23.9. The molecule has 4 atom stereocenters. The SMILES string of the molecule is C=CC(=O)C1CC2(C1)OCCCN2C(=O)N(C)[C@H](C(=O)N[C@H]1Cc2nc(cs2)-c2ccc3c(c2)c(c(-c2cccnc2[C@H](C)OC)n3CC)CC(C)(C)COC(=O)[C@@H]2CCCN(N2)C1=O)C(C)C. The molecule has 0 radical (unpaired) electrons. The van der Waals surface area contributed by atoms with Crippen molar-refractivity contribution in [2.75, 3.05) is 40.5 Å². The highest BCUT2D eigenvalue weighted by Crippen LogP contribution is 2.47. The Kier molecular flexibility index (Phi) is 14.3. The van der Waals surface area contributed by atoms with Crippen LogP contribution in [0.3, 0.4) is 0 Å². The number of aromatic nitrogens is 3. The number of ketones is 1. The fourth-order valence-corrected chi connectivity index (χ4v) is 11.4. The largest absolute Gasteiger partial charge is 0.464 e. The van der Waals surface area contributed by atoms with E-state index in [1.54, 1.807) is 25.3 Å². The summed E-state index contributed by atoms with van der Waals surface area (Å²) >= 11 is 1.40. The molecule has 2 N–H and O–H groups in total. The third-order valence-corrected chi connectivity index (χ3v) is 15.0. The van der Waals surface area contributed by atoms with Gasteiger partial charge < -0.3 is 29.0 Å². The summed E-state index contributed by atoms with van der Waals surface area (Å²) < 4.78 is 20.4. The van der Waals surface area contributed by atoms with Crippen LogP contribution in [0.15, 0.2) is 54.6 Å². The Balaban J connectivity index is 1.15. The monoisotopic (exact) mass is 950 g/mol. The molecule has 4 aromatic rings. The molecule has 68 heavy (non-hydrogen) atoms. The van der Waals surface area contributed by atoms with Gasteiger partial charge >= 0.3 is 12.0 Å². The van der Waals surface area contributed by atoms with E-state index in [-0.39, 0.29) is 36.8 Å². The minimum Gasteiger partial charge on any atom is -0.464 e. The number of pyridine rings is 1. The number of amides is 4. The van der Waals surface area contributed by atoms with E-state index in [0.717, 1.165) is 44.7 Å². The molecule has 8 rings (SSSR count). The lowest BCUT2D eigenvalue weighted by Crippen LogP contribution is -2.68. The van der Waals surface area contributed by atoms with Crippen molar-refractivity contribution < 1.29 is 38.2 Å². The molecule has 4 aliphatic rings. The van der Waals surface area contributed by atoms with Crippen molar-refractivity contribution >= 4 is 51.8 Å². The van der Waals surface area contributed by atoms with Gasteiger partial charge in [0.25, 0.3) is 5.91 Å². The van der Waals surface area contributed by atoms with Crippen molar-refractivity contribution in [2.24, 2.45) is 17.3 Å². The van der Waals surface area contributed by atoms with Crippen molar-refractivity contribution in [3.05, 3.63) is 70.8 Å². The van der Waals surface area contributed by atoms with E-state index >= 15 is 0 Å². The second kappa shape index (κ2) is 19.9. The Morgan fingerprint density at radius 2 is 1.91 bits per heavy atom. The molecule has 1 aromatic carbocycles. The number of thiazole rings is 1. The number of methoxy groups -OCH3 is 1. The van der Waals surface area contributed by atoms with Gasteiger partial charge in [-0.25, -0.2) is 15.2 Å². The average Bonchev–Trinajstić information content (AvgIpc) is 3.92. The number of allylic oxidation sites excluding steroid dienone is 1. The zero-order valence-corrected chi connectivity index (χ0v) is 41.4. The van der Waals surface area contributed by atoms with Crippen LogP contribution in [0, 0.1) is 17.3 Å². The molecule has 4 amide bonds. The summed E-state index contributed by atoms with van der Waals surface area (Å²) in [4.78, 5) is 83.2. The fourth-order valence-electron chi connectivity index (χ4n) is 10.5. The molecular weight excluding hydrogens is 885 g/mol. The number of urea groups is 1. The number of benzene rings is 1. The van der Waals surface area contributed by atoms with E-state index in [4.69, 9.17) is 24.2 Å². The maximum absolute atomic E-state index is 14.7. The zero-order valence-electron chi connectivity index (χ0n) is 40.6. The number of aryl methyl sites for hydroxylation is 1. The summed E-state index contributed by atoms with van der Waals surface area (Å²) in [5.41, 5.74) is 8.30. The first kappa shape index (κ1) is 48.9. The molecule has 1 saturated carbocycles. The Morgan fingerprint density at radius 1 is 1.13 bits per heavy atom. The van der Waals surface area contributed by atoms with Gasteiger partial charge in [-0.05, 0) is 81.4 Å². The van der Waals surface area contributed by atoms with E-state index < -0.39 is 53.1 Å². The molecule has 364 valence electrons. The van der Waals surface area contributed by atoms with Gasteiger partial charge in [0.15, 0.2) is 5.78 Å². The number of nitrogens with zero attached hydrogens (tertiary/aromatic N) is 6. The molecule has 6 heterocycles. The molecular formula is C51H66N8O8S. The summed E-state index contributed by atoms with van der Waals surface area (Å²) in [5.74, 6) is -2.12. The Hall–Kier alpha value is -5.49. The van der Waals surface area contributed by atoms with E-state index in [2.05, 4.69) is 66.9 Å². The molecule has 3 fully saturated rings. The summed E-state index contributed by atoms with van der Waals surface area (Å²) in [6.45, 7) is 17.7. The molecule has 6 bridgehead atoms. The lowest BCUT2D eigenvalue weighted by molar-refractivity contribution is -0.227. The number of fused-ring (bicyclic) bond motifs is 6. The number of esters is 1. The minimum absolute atomic E-state index is 0.0618. The predicted octanol–water partition coefficient (Wildman–Crippen LogP) is 6.86. The third-order valence-electron chi connectivity index (χ3n) is 14.1. The van der Waals surface area contributed by atoms with Gasteiger partial charge in [0, 0.05) is 98.0 Å². The average molecular weight is 951 g/mol. The predicted molar refractivity (Wildman–Crippen MR) is 259 cm³/mol. The molecule has 17 heteroatoms. The number of hydrogen-bond acceptors (Lipinski definition) is 12. The smallest absolute Gasteiger partial charge is 0.324 e. The van der Waals surface area contributed by atoms with Crippen LogP contribution in [-0.2, 0) is 52.8 Å². The molecule has 16 nitrogen and oxygen atoms in total. The maximum Gasteiger partial charge on any atom is 0.324 e. The first-order valence-corrected chi connectivity index (χ1v) is 24.8. The Labute approximate surface area is 402 Å². The number of carbonyl (C=O) groups excluding carboxylic acids is 5. The number of carbonyl (C=O) groups is 5. The van der Waals surface area contributed by atoms with Crippen LogP contribution in [0.1, 0.15) is 96.0 Å². The van der Waals surface area contributed by atoms with Gasteiger partial charge in [0.2, 0.25) is 5.91 Å². The molecule has 1 aliphatic carbocycles. The van der Waals surface area contributed by atoms with Gasteiger partial charge in [-0.1, -0.05) is 40.3 Å². The lowest BCUT2D eigenvalue weighted by Gasteiger charge is -2.55. The van der Waals surface area contributed by atoms with Gasteiger partial charge in [-0.15, -0.1) is 11.3 Å². The number of cyclic esters (lactones) is 1. The fraction of sp³-hybridized carbons (Fsp3) is 0.549. The second-order valence-corrected chi connectivity index (χ2v) is 20.8. The molecule has 0 unspecified atom stereocenters. The minimum atomic E-state index is -1.10. The van der Waals surface area contributed by atoms with Crippen molar-refractivity contribution in [1.82, 2.24) is 40.1 Å². The van der Waals surface area contributed by atoms with Crippen LogP contribution in [0.4, 0.5) is 4.79 Å². The van der Waals surface area contributed by atoms with Crippen LogP contribution < -0.4 is 10.7 Å². The quantitative estimate of drug-likeness (QED) is 0.125. The number of ether oxygens (including phenoxy) is 3. The summed E-state index contributed by atoms with van der Waals surface area (Å²) in [6.07, 6.45) is 5.80. The van der Waals surface area contributed by atoms with Crippen molar-refractivity contribution in [3.63, 3.8) is 0 Å². The summed E-state index contributed by atoms with van der Waals surface area (Å²) in [6, 6.07) is 7.14. The van der Waals surface area contributed by atoms with Gasteiger partial charge in [0.1, 0.15) is 23.9 Å². The Bertz CT molecular complexity index is 2580. The van der Waals surface area contributed by atoms with Crippen molar-refractivity contribution in [3.8, 4) is 22.5 Å². The number of hydrazine groups is 1. The van der Waals surface area contributed by atoms with Crippen LogP contribution >= 0.6 is 11.3 Å². The number of rotatable bonds is 10. The van der Waals surface area contributed by atoms with Crippen LogP contribution in [0.25, 0.3) is 33.4 Å². The van der Waals surface area contributed by atoms with E-state index in [0.29, 0.717) is 69.8 Å². The van der Waals surface area contributed by atoms with Crippen LogP contribution in [-0.4, -0.2) is 123 Å². The van der Waals surface area contributed by atoms with E-state index in [1.807, 2.05) is 32.2 Å². The molecule has 3 aromatic heterocycles. The maximum atomic E-state index is 14.7. The topological polar surface area (TPSA) is 178 Å². The molecule has 2 saturated heterocycles. The first-order chi connectivity index (χ1) is 32.5. The van der Waals surface area contributed by atoms with E-state index in [1.165, 1.54) is 27.3 Å². The van der Waals surface area contributed by atoms with Crippen LogP contribution in [0.5, 0.6) is 0 Å². The van der Waals surface area contributed by atoms with Gasteiger partial charge in [0.05, 0.1) is 41.4 Å². The highest BCUT2D eigenvalue weighted by molar-refractivity contribution is 7.10.